The van der Waals surface area contributed by atoms with E-state index in [2.05, 4.69) is 41.2 Å². The van der Waals surface area contributed by atoms with Crippen molar-refractivity contribution in [3.8, 4) is 0 Å². The molecule has 0 aliphatic heterocycles. The smallest absolute Gasteiger partial charge is 0.327 e. The van der Waals surface area contributed by atoms with Crippen LogP contribution in [-0.2, 0) is 24.0 Å². The maximum Gasteiger partial charge on any atom is 0.327 e. The predicted molar refractivity (Wildman–Crippen MR) is 108 cm³/mol. The van der Waals surface area contributed by atoms with E-state index in [1.54, 1.807) is 0 Å². The van der Waals surface area contributed by atoms with Crippen molar-refractivity contribution in [2.75, 3.05) is 11.5 Å². The number of thiol groups is 2. The zero-order chi connectivity index (χ0) is 22.7. The maximum atomic E-state index is 12.4. The van der Waals surface area contributed by atoms with Crippen LogP contribution < -0.4 is 21.7 Å². The van der Waals surface area contributed by atoms with Crippen molar-refractivity contribution < 1.29 is 39.3 Å². The van der Waals surface area contributed by atoms with Crippen molar-refractivity contribution >= 4 is 54.9 Å². The van der Waals surface area contributed by atoms with Gasteiger partial charge in [-0.2, -0.15) is 25.3 Å². The number of carboxylic acids is 2. The molecular weight excluding hydrogens is 428 g/mol. The van der Waals surface area contributed by atoms with Crippen LogP contribution in [0, 0.1) is 0 Å². The first-order valence-corrected chi connectivity index (χ1v) is 9.72. The molecule has 0 aliphatic carbocycles. The number of nitrogens with two attached hydrogens (primary N) is 1. The van der Waals surface area contributed by atoms with Gasteiger partial charge in [0.25, 0.3) is 0 Å². The first-order valence-electron chi connectivity index (χ1n) is 8.45. The number of hydrogen-bond acceptors (Lipinski definition) is 9. The van der Waals surface area contributed by atoms with Crippen molar-refractivity contribution in [1.29, 1.82) is 0 Å². The minimum absolute atomic E-state index is 0.189. The van der Waals surface area contributed by atoms with Crippen molar-refractivity contribution in [3.63, 3.8) is 0 Å². The van der Waals surface area contributed by atoms with Crippen LogP contribution in [0.3, 0.4) is 0 Å². The Balaban J connectivity index is 5.24. The van der Waals surface area contributed by atoms with Gasteiger partial charge < -0.3 is 37.0 Å². The van der Waals surface area contributed by atoms with Crippen LogP contribution >= 0.6 is 25.3 Å². The van der Waals surface area contributed by atoms with E-state index in [9.17, 15) is 29.1 Å². The van der Waals surface area contributed by atoms with E-state index in [1.165, 1.54) is 6.92 Å². The fraction of sp³-hybridized carbons (Fsp3) is 0.667. The Kier molecular flexibility index (Phi) is 12.3. The summed E-state index contributed by atoms with van der Waals surface area (Å²) in [6.45, 7) is 1.28. The molecule has 0 bridgehead atoms. The zero-order valence-corrected chi connectivity index (χ0v) is 17.4. The van der Waals surface area contributed by atoms with Crippen LogP contribution in [0.1, 0.15) is 19.8 Å². The van der Waals surface area contributed by atoms with E-state index in [-0.39, 0.29) is 17.9 Å². The minimum Gasteiger partial charge on any atom is -0.481 e. The van der Waals surface area contributed by atoms with Crippen LogP contribution in [0.5, 0.6) is 0 Å². The Hall–Kier alpha value is -2.03. The SMILES string of the molecule is CC(O)C(N)C(=O)NC(CS)C(=O)NC(CCC(=O)O)C(=O)NC(CS)C(=O)O. The number of carbonyl (C=O) groups is 5. The summed E-state index contributed by atoms with van der Waals surface area (Å²) >= 11 is 7.75. The number of rotatable bonds is 13. The number of nitrogens with one attached hydrogen (secondary N) is 3. The highest BCUT2D eigenvalue weighted by Crippen LogP contribution is 2.02. The van der Waals surface area contributed by atoms with E-state index in [0.717, 1.165) is 0 Å². The van der Waals surface area contributed by atoms with Gasteiger partial charge in [-0.1, -0.05) is 0 Å². The Morgan fingerprint density at radius 3 is 1.72 bits per heavy atom. The standard InChI is InChI=1S/C15H26N4O8S2/c1-6(20)11(16)14(25)18-8(4-28)13(24)17-7(2-3-10(21)22)12(23)19-9(5-29)15(26)27/h6-9,11,20,28-29H,2-5,16H2,1H3,(H,17,24)(H,18,25)(H,19,23)(H,21,22)(H,26,27). The molecule has 0 spiro atoms. The molecule has 0 aromatic rings. The highest BCUT2D eigenvalue weighted by atomic mass is 32.1. The topological polar surface area (TPSA) is 208 Å². The predicted octanol–water partition coefficient (Wildman–Crippen LogP) is -3.04. The third kappa shape index (κ3) is 9.83. The second kappa shape index (κ2) is 13.2. The summed E-state index contributed by atoms with van der Waals surface area (Å²) in [6, 6.07) is -5.27. The van der Waals surface area contributed by atoms with Gasteiger partial charge in [-0.25, -0.2) is 4.79 Å². The van der Waals surface area contributed by atoms with Crippen LogP contribution in [0.25, 0.3) is 0 Å². The van der Waals surface area contributed by atoms with Gasteiger partial charge in [0, 0.05) is 17.9 Å². The van der Waals surface area contributed by atoms with Gasteiger partial charge in [-0.05, 0) is 13.3 Å². The van der Waals surface area contributed by atoms with E-state index < -0.39 is 66.4 Å². The molecule has 0 rings (SSSR count). The second-order valence-electron chi connectivity index (χ2n) is 6.09. The fourth-order valence-electron chi connectivity index (χ4n) is 1.95. The zero-order valence-electron chi connectivity index (χ0n) is 15.6. The van der Waals surface area contributed by atoms with Crippen molar-refractivity contribution in [1.82, 2.24) is 16.0 Å². The molecule has 0 radical (unpaired) electrons. The number of aliphatic hydroxyl groups is 1. The average molecular weight is 455 g/mol. The summed E-state index contributed by atoms with van der Waals surface area (Å²) in [4.78, 5) is 58.5. The highest BCUT2D eigenvalue weighted by Gasteiger charge is 2.30. The lowest BCUT2D eigenvalue weighted by Gasteiger charge is -2.24. The Labute approximate surface area is 177 Å². The quantitative estimate of drug-likeness (QED) is 0.129. The lowest BCUT2D eigenvalue weighted by atomic mass is 10.1. The lowest BCUT2D eigenvalue weighted by Crippen LogP contribution is -2.58. The number of aliphatic carboxylic acids is 2. The molecule has 0 aromatic carbocycles. The Bertz CT molecular complexity index is 619. The summed E-state index contributed by atoms with van der Waals surface area (Å²) in [6.07, 6.45) is -1.99. The van der Waals surface area contributed by atoms with Crippen molar-refractivity contribution in [2.24, 2.45) is 5.73 Å². The summed E-state index contributed by atoms with van der Waals surface area (Å²) in [7, 11) is 0. The largest absolute Gasteiger partial charge is 0.481 e. The number of amides is 3. The number of hydrogen-bond donors (Lipinski definition) is 9. The van der Waals surface area contributed by atoms with Crippen LogP contribution in [-0.4, -0.2) is 86.8 Å². The summed E-state index contributed by atoms with van der Waals surface area (Å²) in [5.41, 5.74) is 5.48. The summed E-state index contributed by atoms with van der Waals surface area (Å²) in [5.74, 6) is -5.63. The number of aliphatic hydroxyl groups excluding tert-OH is 1. The molecule has 8 N–H and O–H groups in total. The van der Waals surface area contributed by atoms with Crippen molar-refractivity contribution in [3.05, 3.63) is 0 Å². The van der Waals surface area contributed by atoms with Crippen molar-refractivity contribution in [2.45, 2.75) is 50.0 Å². The van der Waals surface area contributed by atoms with Crippen LogP contribution in [0.4, 0.5) is 0 Å². The van der Waals surface area contributed by atoms with Gasteiger partial charge in [0.05, 0.1) is 6.10 Å². The van der Waals surface area contributed by atoms with Gasteiger partial charge >= 0.3 is 11.9 Å². The van der Waals surface area contributed by atoms with E-state index in [4.69, 9.17) is 15.9 Å². The lowest BCUT2D eigenvalue weighted by molar-refractivity contribution is -0.142. The minimum atomic E-state index is -1.38. The summed E-state index contributed by atoms with van der Waals surface area (Å²) < 4.78 is 0. The average Bonchev–Trinajstić information content (AvgIpc) is 2.65. The number of carbonyl (C=O) groups excluding carboxylic acids is 3. The van der Waals surface area contributed by atoms with E-state index in [0.29, 0.717) is 0 Å². The van der Waals surface area contributed by atoms with E-state index >= 15 is 0 Å². The van der Waals surface area contributed by atoms with Crippen LogP contribution in [0.2, 0.25) is 0 Å². The monoisotopic (exact) mass is 454 g/mol. The first-order chi connectivity index (χ1) is 13.4. The third-order valence-corrected chi connectivity index (χ3v) is 4.45. The molecule has 0 saturated carbocycles. The molecule has 5 atom stereocenters. The molecule has 166 valence electrons. The molecule has 29 heavy (non-hydrogen) atoms. The van der Waals surface area contributed by atoms with Gasteiger partial charge in [0.15, 0.2) is 0 Å². The highest BCUT2D eigenvalue weighted by molar-refractivity contribution is 7.80. The summed E-state index contributed by atoms with van der Waals surface area (Å²) in [5, 5.41) is 33.8. The van der Waals surface area contributed by atoms with Gasteiger partial charge in [0.1, 0.15) is 24.2 Å². The molecule has 0 aromatic heterocycles. The normalized spacial score (nSPS) is 15.9. The second-order valence-corrected chi connectivity index (χ2v) is 6.82. The molecule has 12 nitrogen and oxygen atoms in total. The molecule has 0 heterocycles. The first kappa shape index (κ1) is 27.0. The van der Waals surface area contributed by atoms with Gasteiger partial charge in [0.2, 0.25) is 17.7 Å². The number of carboxylic acid groups (broad SMARTS) is 2. The van der Waals surface area contributed by atoms with E-state index in [1.807, 2.05) is 0 Å². The molecular formula is C15H26N4O8S2. The molecule has 5 unspecified atom stereocenters. The molecule has 0 fully saturated rings. The molecule has 0 aliphatic rings. The molecule has 14 heteroatoms. The Morgan fingerprint density at radius 1 is 0.862 bits per heavy atom. The van der Waals surface area contributed by atoms with Gasteiger partial charge in [-0.3, -0.25) is 19.2 Å². The molecule has 3 amide bonds. The maximum absolute atomic E-state index is 12.4. The van der Waals surface area contributed by atoms with Gasteiger partial charge in [-0.15, -0.1) is 0 Å². The third-order valence-electron chi connectivity index (χ3n) is 3.72. The Morgan fingerprint density at radius 2 is 1.31 bits per heavy atom. The van der Waals surface area contributed by atoms with Crippen LogP contribution in [0.15, 0.2) is 0 Å². The molecule has 0 saturated heterocycles. The fourth-order valence-corrected chi connectivity index (χ4v) is 2.45.